The first kappa shape index (κ1) is 106. The van der Waals surface area contributed by atoms with E-state index in [0.717, 1.165) is 66.8 Å². The third-order valence-electron chi connectivity index (χ3n) is 21.3. The first-order chi connectivity index (χ1) is 65.0. The summed E-state index contributed by atoms with van der Waals surface area (Å²) in [4.78, 5) is 94.1. The molecular formula is C105H122N4O23S2. The number of ether oxygens (including phenoxy) is 12. The average Bonchev–Trinajstić information content (AvgIpc) is 1.17. The van der Waals surface area contributed by atoms with E-state index in [1.165, 1.54) is 11.1 Å². The van der Waals surface area contributed by atoms with Crippen molar-refractivity contribution in [1.29, 1.82) is 0 Å². The molecule has 0 aromatic heterocycles. The van der Waals surface area contributed by atoms with Crippen molar-refractivity contribution in [2.45, 2.75) is 68.1 Å². The van der Waals surface area contributed by atoms with Gasteiger partial charge in [0.2, 0.25) is 23.6 Å². The summed E-state index contributed by atoms with van der Waals surface area (Å²) >= 11 is 5.68. The second kappa shape index (κ2) is 59.5. The normalized spacial score (nSPS) is 11.7. The van der Waals surface area contributed by atoms with Crippen molar-refractivity contribution in [2.24, 2.45) is 0 Å². The lowest BCUT2D eigenvalue weighted by atomic mass is 9.80. The number of carbonyl (C=O) groups excluding carboxylic acids is 6. The van der Waals surface area contributed by atoms with Crippen LogP contribution in [0, 0.1) is 0 Å². The molecule has 27 nitrogen and oxygen atoms in total. The number of aliphatic carboxylic acids is 2. The molecule has 10 aromatic carbocycles. The van der Waals surface area contributed by atoms with Gasteiger partial charge in [-0.1, -0.05) is 250 Å². The predicted molar refractivity (Wildman–Crippen MR) is 516 cm³/mol. The van der Waals surface area contributed by atoms with Crippen LogP contribution in [0.2, 0.25) is 0 Å². The van der Waals surface area contributed by atoms with Crippen LogP contribution < -0.4 is 30.7 Å². The number of thiol groups is 1. The topological polar surface area (TPSA) is 356 Å². The molecule has 7 N–H and O–H groups in total. The van der Waals surface area contributed by atoms with Crippen LogP contribution in [0.15, 0.2) is 267 Å². The van der Waals surface area contributed by atoms with E-state index in [2.05, 4.69) is 107 Å². The Morgan fingerprint density at radius 1 is 0.313 bits per heavy atom. The summed E-state index contributed by atoms with van der Waals surface area (Å²) in [6.45, 7) is 5.40. The van der Waals surface area contributed by atoms with Crippen molar-refractivity contribution in [2.75, 3.05) is 170 Å². The molecule has 29 heteroatoms. The van der Waals surface area contributed by atoms with Crippen molar-refractivity contribution in [3.8, 4) is 33.8 Å². The first-order valence-electron chi connectivity index (χ1n) is 44.5. The van der Waals surface area contributed by atoms with Crippen molar-refractivity contribution in [3.63, 3.8) is 0 Å². The summed E-state index contributed by atoms with van der Waals surface area (Å²) < 4.78 is 65.1. The predicted octanol–water partition coefficient (Wildman–Crippen LogP) is 13.8. The number of nitrogens with one attached hydrogen (secondary N) is 4. The second-order valence-corrected chi connectivity index (χ2v) is 32.3. The van der Waals surface area contributed by atoms with Gasteiger partial charge in [-0.25, -0.2) is 9.59 Å². The zero-order chi connectivity index (χ0) is 93.8. The number of benzene rings is 10. The van der Waals surface area contributed by atoms with Crippen LogP contribution in [0.25, 0.3) is 22.3 Å². The number of carbonyl (C=O) groups is 8. The Hall–Kier alpha value is -12.1. The molecule has 0 fully saturated rings. The highest BCUT2D eigenvalue weighted by molar-refractivity contribution is 8.00. The molecule has 0 atom stereocenters. The van der Waals surface area contributed by atoms with Gasteiger partial charge in [-0.3, -0.25) is 28.8 Å². The lowest BCUT2D eigenvalue weighted by molar-refractivity contribution is -0.150. The minimum absolute atomic E-state index is 0. The van der Waals surface area contributed by atoms with Gasteiger partial charge in [0.05, 0.1) is 97.2 Å². The van der Waals surface area contributed by atoms with E-state index in [0.29, 0.717) is 141 Å². The van der Waals surface area contributed by atoms with Crippen LogP contribution in [0.5, 0.6) is 11.5 Å². The van der Waals surface area contributed by atoms with Gasteiger partial charge in [0.15, 0.2) is 0 Å². The fourth-order valence-electron chi connectivity index (χ4n) is 14.9. The Morgan fingerprint density at radius 2 is 0.597 bits per heavy atom. The van der Waals surface area contributed by atoms with Gasteiger partial charge in [0, 0.05) is 69.5 Å². The van der Waals surface area contributed by atoms with Crippen LogP contribution in [-0.4, -0.2) is 233 Å². The highest BCUT2D eigenvalue weighted by Gasteiger charge is 2.38. The van der Waals surface area contributed by atoms with Gasteiger partial charge in [-0.2, -0.15) is 12.6 Å². The Balaban J connectivity index is 0.000000250. The maximum Gasteiger partial charge on any atom is 0.332 e. The third kappa shape index (κ3) is 34.4. The maximum absolute atomic E-state index is 12.9. The van der Waals surface area contributed by atoms with Crippen molar-refractivity contribution in [1.82, 2.24) is 21.3 Å². The van der Waals surface area contributed by atoms with Gasteiger partial charge < -0.3 is 93.4 Å². The average molecular weight is 1870 g/mol. The molecule has 0 radical (unpaired) electrons. The van der Waals surface area contributed by atoms with E-state index < -0.39 is 34.2 Å². The van der Waals surface area contributed by atoms with Gasteiger partial charge >= 0.3 is 23.9 Å². The molecule has 10 aromatic rings. The number of esters is 2. The quantitative estimate of drug-likeness (QED) is 0.00759. The lowest BCUT2D eigenvalue weighted by Crippen LogP contribution is -2.31. The Kier molecular flexibility index (Phi) is 46.9. The van der Waals surface area contributed by atoms with Crippen molar-refractivity contribution in [3.05, 3.63) is 323 Å². The summed E-state index contributed by atoms with van der Waals surface area (Å²) in [5.74, 6) is -0.911. The van der Waals surface area contributed by atoms with Gasteiger partial charge in [-0.15, -0.1) is 11.8 Å². The number of amides is 4. The summed E-state index contributed by atoms with van der Waals surface area (Å²) in [5, 5.41) is 40.4. The van der Waals surface area contributed by atoms with Gasteiger partial charge in [0.25, 0.3) is 0 Å². The largest absolute Gasteiger partial charge is 0.494 e. The Labute approximate surface area is 793 Å². The molecule has 2 aliphatic carbocycles. The van der Waals surface area contributed by atoms with Crippen LogP contribution in [-0.2, 0) is 96.1 Å². The lowest BCUT2D eigenvalue weighted by Gasteiger charge is -2.35. The number of fused-ring (bicyclic) bond motifs is 6. The van der Waals surface area contributed by atoms with Gasteiger partial charge in [0.1, 0.15) is 56.7 Å². The number of carboxylic acids is 2. The van der Waals surface area contributed by atoms with Crippen LogP contribution in [0.1, 0.15) is 113 Å². The Bertz CT molecular complexity index is 5010. The molecule has 2 aliphatic rings. The van der Waals surface area contributed by atoms with E-state index >= 15 is 0 Å². The van der Waals surface area contributed by atoms with Crippen LogP contribution >= 0.6 is 24.4 Å². The number of aliphatic hydroxyl groups is 1. The van der Waals surface area contributed by atoms with Crippen LogP contribution in [0.3, 0.4) is 0 Å². The number of hydrogen-bond acceptors (Lipinski definition) is 23. The number of thioether (sulfide) groups is 1. The molecule has 0 aliphatic heterocycles. The smallest absolute Gasteiger partial charge is 0.332 e. The SMILES string of the molecule is C.O=C(CCS)NCCOCCOCCNC(=O)COCCOCC(=O)OCC1c2ccccc2-c2ccccc21.O=C(O)CCCOc1ccc(C(O)(c2ccccc2)c2ccccc2)cc1.O=C(O)CCCOc1ccc(C(SCCC(=O)NCCOCCOCCNC(=O)COCCOCC(=O)OCC2c3ccccc3-c3ccccc32)(c2ccccc2)c2ccccc2)cc1. The maximum atomic E-state index is 12.9. The highest BCUT2D eigenvalue weighted by Crippen LogP contribution is 2.50. The summed E-state index contributed by atoms with van der Waals surface area (Å²) in [6, 6.07) is 87.3. The minimum Gasteiger partial charge on any atom is -0.494 e. The molecule has 0 spiro atoms. The van der Waals surface area contributed by atoms with Crippen molar-refractivity contribution < 1.29 is 111 Å². The first-order valence-corrected chi connectivity index (χ1v) is 46.1. The standard InChI is InChI=1S/C52H58N2O11S.C29H38N2O8S.C23H22O4.CH4/c55-48(25-35-66-52(39-12-3-1-4-13-39,40-14-5-2-6-15-40)41-21-23-42(24-22-41)64-28-11-20-50(57)58)53-26-29-60-31-32-61-30-27-54-49(56)37-62-33-34-63-38-51(59)65-36-47-45-18-9-7-16-43(45)44-17-8-10-19-46(44)47;32-27(9-18-40)30-10-12-35-14-15-36-13-11-31-28(33)20-37-16-17-38-21-29(34)39-19-26-24-7-3-1-5-22(24)23-6-2-4-8-25(23)26;24-22(25)12-7-17-27-21-15-13-20(14-16-21)23(26,18-8-3-1-4-9-18)19-10-5-2-6-11-19;/h1-10,12-19,21-24,47H,11,20,25-38H2,(H,53,55)(H,54,56)(H,57,58);1-8,26,40H,9-21H2,(H,30,32)(H,31,33);1-6,8-11,13-16,26H,7,12,17H2,(H,24,25);1H4. The molecule has 0 saturated carbocycles. The number of rotatable bonds is 58. The fourth-order valence-corrected chi connectivity index (χ4v) is 16.6. The second-order valence-electron chi connectivity index (χ2n) is 30.5. The summed E-state index contributed by atoms with van der Waals surface area (Å²) in [5.41, 5.74) is 13.5. The molecular weight excluding hydrogens is 1750 g/mol. The van der Waals surface area contributed by atoms with E-state index in [9.17, 15) is 43.5 Å². The number of carboxylic acid groups (broad SMARTS) is 2. The molecule has 712 valence electrons. The monoisotopic (exact) mass is 1870 g/mol. The zero-order valence-corrected chi connectivity index (χ0v) is 76.3. The van der Waals surface area contributed by atoms with Crippen LogP contribution in [0.4, 0.5) is 0 Å². The number of hydrogen-bond donors (Lipinski definition) is 8. The van der Waals surface area contributed by atoms with Crippen molar-refractivity contribution >= 4 is 71.9 Å². The highest BCUT2D eigenvalue weighted by atomic mass is 32.2. The summed E-state index contributed by atoms with van der Waals surface area (Å²) in [7, 11) is 0. The Morgan fingerprint density at radius 3 is 0.940 bits per heavy atom. The molecule has 0 unspecified atom stereocenters. The summed E-state index contributed by atoms with van der Waals surface area (Å²) in [6.07, 6.45) is 1.70. The zero-order valence-electron chi connectivity index (χ0n) is 74.5. The molecule has 134 heavy (non-hydrogen) atoms. The molecule has 0 heterocycles. The molecule has 0 bridgehead atoms. The molecule has 12 rings (SSSR count). The van der Waals surface area contributed by atoms with E-state index in [-0.39, 0.29) is 122 Å². The van der Waals surface area contributed by atoms with E-state index in [4.69, 9.17) is 67.1 Å². The minimum atomic E-state index is -1.27. The molecule has 0 saturated heterocycles. The van der Waals surface area contributed by atoms with Gasteiger partial charge in [-0.05, 0) is 121 Å². The third-order valence-corrected chi connectivity index (χ3v) is 23.1. The molecule has 4 amide bonds. The van der Waals surface area contributed by atoms with E-state index in [1.807, 2.05) is 182 Å². The van der Waals surface area contributed by atoms with E-state index in [1.54, 1.807) is 23.9 Å². The fraction of sp³-hybridized carbons (Fsp3) is 0.352.